The Kier molecular flexibility index (Phi) is 7.27. The number of carbonyl (C=O) groups is 1. The molecule has 0 aliphatic heterocycles. The topological polar surface area (TPSA) is 65.4 Å². The van der Waals surface area contributed by atoms with Crippen LogP contribution in [-0.4, -0.2) is 43.1 Å². The molecule has 0 spiro atoms. The van der Waals surface area contributed by atoms with Gasteiger partial charge in [0.25, 0.3) is 0 Å². The number of nitrogens with one attached hydrogen (secondary N) is 1. The maximum absolute atomic E-state index is 11.7. The predicted molar refractivity (Wildman–Crippen MR) is 82.0 cm³/mol. The van der Waals surface area contributed by atoms with Crippen LogP contribution in [0.15, 0.2) is 24.3 Å². The van der Waals surface area contributed by atoms with Gasteiger partial charge in [-0.15, -0.1) is 0 Å². The van der Waals surface area contributed by atoms with Gasteiger partial charge in [-0.05, 0) is 32.5 Å². The van der Waals surface area contributed by atoms with Crippen LogP contribution < -0.4 is 10.1 Å². The number of rotatable bonds is 8. The van der Waals surface area contributed by atoms with Crippen LogP contribution in [0.5, 0.6) is 5.75 Å². The molecule has 1 N–H and O–H groups in total. The van der Waals surface area contributed by atoms with Crippen LogP contribution in [-0.2, 0) is 4.79 Å². The molecule has 5 heteroatoms. The number of nitriles is 1. The number of likely N-dealkylation sites (N-methyl/N-ethyl adjacent to an activating group) is 1. The largest absolute Gasteiger partial charge is 0.491 e. The Bertz CT molecular complexity index is 495. The Morgan fingerprint density at radius 2 is 2.14 bits per heavy atom. The van der Waals surface area contributed by atoms with Gasteiger partial charge in [0, 0.05) is 12.6 Å². The highest BCUT2D eigenvalue weighted by Crippen LogP contribution is 2.16. The van der Waals surface area contributed by atoms with Crippen molar-refractivity contribution in [3.63, 3.8) is 0 Å². The van der Waals surface area contributed by atoms with Gasteiger partial charge in [-0.2, -0.15) is 5.26 Å². The summed E-state index contributed by atoms with van der Waals surface area (Å²) in [5, 5.41) is 11.9. The number of hydrogen-bond acceptors (Lipinski definition) is 4. The smallest absolute Gasteiger partial charge is 0.234 e. The van der Waals surface area contributed by atoms with Gasteiger partial charge in [-0.1, -0.05) is 19.1 Å². The summed E-state index contributed by atoms with van der Waals surface area (Å²) >= 11 is 0. The fourth-order valence-electron chi connectivity index (χ4n) is 1.89. The van der Waals surface area contributed by atoms with E-state index in [4.69, 9.17) is 10.00 Å². The molecule has 1 aromatic carbocycles. The Labute approximate surface area is 126 Å². The SMILES string of the molecule is CCN(CCOc1ccccc1C#N)CC(=O)NC(C)C. The molecule has 5 nitrogen and oxygen atoms in total. The molecule has 1 aromatic rings. The summed E-state index contributed by atoms with van der Waals surface area (Å²) in [4.78, 5) is 13.7. The Morgan fingerprint density at radius 3 is 2.76 bits per heavy atom. The van der Waals surface area contributed by atoms with E-state index in [9.17, 15) is 4.79 Å². The minimum Gasteiger partial charge on any atom is -0.491 e. The molecular formula is C16H23N3O2. The van der Waals surface area contributed by atoms with E-state index in [1.54, 1.807) is 18.2 Å². The number of carbonyl (C=O) groups excluding carboxylic acids is 1. The van der Waals surface area contributed by atoms with Crippen molar-refractivity contribution < 1.29 is 9.53 Å². The molecule has 114 valence electrons. The molecule has 0 aromatic heterocycles. The fraction of sp³-hybridized carbons (Fsp3) is 0.500. The number of hydrogen-bond donors (Lipinski definition) is 1. The summed E-state index contributed by atoms with van der Waals surface area (Å²) in [5.74, 6) is 0.604. The van der Waals surface area contributed by atoms with E-state index in [-0.39, 0.29) is 11.9 Å². The molecular weight excluding hydrogens is 266 g/mol. The van der Waals surface area contributed by atoms with Crippen LogP contribution in [0.2, 0.25) is 0 Å². The van der Waals surface area contributed by atoms with Crippen molar-refractivity contribution in [2.24, 2.45) is 0 Å². The van der Waals surface area contributed by atoms with Gasteiger partial charge in [0.2, 0.25) is 5.91 Å². The van der Waals surface area contributed by atoms with Gasteiger partial charge < -0.3 is 10.1 Å². The van der Waals surface area contributed by atoms with Crippen molar-refractivity contribution in [1.29, 1.82) is 5.26 Å². The Morgan fingerprint density at radius 1 is 1.43 bits per heavy atom. The average molecular weight is 289 g/mol. The van der Waals surface area contributed by atoms with Crippen molar-refractivity contribution in [2.75, 3.05) is 26.2 Å². The van der Waals surface area contributed by atoms with Crippen molar-refractivity contribution in [2.45, 2.75) is 26.8 Å². The van der Waals surface area contributed by atoms with Crippen molar-refractivity contribution in [3.05, 3.63) is 29.8 Å². The summed E-state index contributed by atoms with van der Waals surface area (Å²) in [6.07, 6.45) is 0. The predicted octanol–water partition coefficient (Wildman–Crippen LogP) is 1.78. The lowest BCUT2D eigenvalue weighted by Crippen LogP contribution is -2.41. The van der Waals surface area contributed by atoms with Gasteiger partial charge in [0.05, 0.1) is 12.1 Å². The van der Waals surface area contributed by atoms with E-state index >= 15 is 0 Å². The van der Waals surface area contributed by atoms with Crippen molar-refractivity contribution in [1.82, 2.24) is 10.2 Å². The molecule has 21 heavy (non-hydrogen) atoms. The molecule has 0 fully saturated rings. The van der Waals surface area contributed by atoms with Gasteiger partial charge in [-0.3, -0.25) is 9.69 Å². The molecule has 0 atom stereocenters. The average Bonchev–Trinajstić information content (AvgIpc) is 2.45. The zero-order chi connectivity index (χ0) is 15.7. The van der Waals surface area contributed by atoms with Gasteiger partial charge in [0.15, 0.2) is 0 Å². The van der Waals surface area contributed by atoms with Crippen LogP contribution in [0.25, 0.3) is 0 Å². The normalized spacial score (nSPS) is 10.5. The Hall–Kier alpha value is -2.06. The lowest BCUT2D eigenvalue weighted by atomic mass is 10.2. The molecule has 0 radical (unpaired) electrons. The number of nitrogens with zero attached hydrogens (tertiary/aromatic N) is 2. The molecule has 0 unspecified atom stereocenters. The van der Waals surface area contributed by atoms with E-state index < -0.39 is 0 Å². The van der Waals surface area contributed by atoms with Crippen LogP contribution in [0.4, 0.5) is 0 Å². The molecule has 0 saturated heterocycles. The fourth-order valence-corrected chi connectivity index (χ4v) is 1.89. The molecule has 0 aliphatic carbocycles. The molecule has 0 bridgehead atoms. The maximum Gasteiger partial charge on any atom is 0.234 e. The number of amides is 1. The zero-order valence-electron chi connectivity index (χ0n) is 12.9. The molecule has 1 rings (SSSR count). The molecule has 0 aliphatic rings. The standard InChI is InChI=1S/C16H23N3O2/c1-4-19(12-16(20)18-13(2)3)9-10-21-15-8-6-5-7-14(15)11-17/h5-8,13H,4,9-10,12H2,1-3H3,(H,18,20). The third-order valence-electron chi connectivity index (χ3n) is 2.94. The second-order valence-corrected chi connectivity index (χ2v) is 5.05. The highest BCUT2D eigenvalue weighted by molar-refractivity contribution is 5.78. The summed E-state index contributed by atoms with van der Waals surface area (Å²) in [6, 6.07) is 9.39. The first-order chi connectivity index (χ1) is 10.1. The minimum atomic E-state index is 0.0178. The van der Waals surface area contributed by atoms with E-state index in [1.165, 1.54) is 0 Å². The monoisotopic (exact) mass is 289 g/mol. The number of benzene rings is 1. The lowest BCUT2D eigenvalue weighted by molar-refractivity contribution is -0.122. The molecule has 0 heterocycles. The van der Waals surface area contributed by atoms with Gasteiger partial charge in [-0.25, -0.2) is 0 Å². The van der Waals surface area contributed by atoms with E-state index in [0.29, 0.717) is 31.0 Å². The van der Waals surface area contributed by atoms with E-state index in [0.717, 1.165) is 6.54 Å². The van der Waals surface area contributed by atoms with Crippen molar-refractivity contribution in [3.8, 4) is 11.8 Å². The zero-order valence-corrected chi connectivity index (χ0v) is 12.9. The van der Waals surface area contributed by atoms with E-state index in [1.807, 2.05) is 31.7 Å². The van der Waals surface area contributed by atoms with Crippen molar-refractivity contribution >= 4 is 5.91 Å². The van der Waals surface area contributed by atoms with Crippen LogP contribution >= 0.6 is 0 Å². The molecule has 0 saturated carbocycles. The highest BCUT2D eigenvalue weighted by Gasteiger charge is 2.10. The second-order valence-electron chi connectivity index (χ2n) is 5.05. The number of para-hydroxylation sites is 1. The first kappa shape index (κ1) is 17.0. The van der Waals surface area contributed by atoms with Crippen LogP contribution in [0.3, 0.4) is 0 Å². The van der Waals surface area contributed by atoms with Gasteiger partial charge >= 0.3 is 0 Å². The first-order valence-corrected chi connectivity index (χ1v) is 7.20. The Balaban J connectivity index is 2.42. The quantitative estimate of drug-likeness (QED) is 0.792. The minimum absolute atomic E-state index is 0.0178. The third kappa shape index (κ3) is 6.28. The van der Waals surface area contributed by atoms with Gasteiger partial charge in [0.1, 0.15) is 18.4 Å². The first-order valence-electron chi connectivity index (χ1n) is 7.20. The third-order valence-corrected chi connectivity index (χ3v) is 2.94. The highest BCUT2D eigenvalue weighted by atomic mass is 16.5. The summed E-state index contributed by atoms with van der Waals surface area (Å²) in [6.45, 7) is 8.11. The van der Waals surface area contributed by atoms with Crippen LogP contribution in [0.1, 0.15) is 26.3 Å². The maximum atomic E-state index is 11.7. The van der Waals surface area contributed by atoms with Crippen LogP contribution in [0, 0.1) is 11.3 Å². The summed E-state index contributed by atoms with van der Waals surface area (Å²) in [7, 11) is 0. The summed E-state index contributed by atoms with van der Waals surface area (Å²) in [5.41, 5.74) is 0.526. The lowest BCUT2D eigenvalue weighted by Gasteiger charge is -2.20. The second kappa shape index (κ2) is 8.98. The summed E-state index contributed by atoms with van der Waals surface area (Å²) < 4.78 is 5.63. The van der Waals surface area contributed by atoms with E-state index in [2.05, 4.69) is 11.4 Å². The molecule has 1 amide bonds. The number of ether oxygens (including phenoxy) is 1.